The number of carbonyl (C=O) groups excluding carboxylic acids is 1. The van der Waals surface area contributed by atoms with Crippen molar-refractivity contribution in [3.05, 3.63) is 34.9 Å². The van der Waals surface area contributed by atoms with Gasteiger partial charge in [-0.15, -0.1) is 0 Å². The van der Waals surface area contributed by atoms with E-state index in [4.69, 9.17) is 9.47 Å². The summed E-state index contributed by atoms with van der Waals surface area (Å²) in [4.78, 5) is 28.4. The van der Waals surface area contributed by atoms with Crippen LogP contribution >= 0.6 is 0 Å². The molecule has 0 fully saturated rings. The Balaban J connectivity index is 2.36. The van der Waals surface area contributed by atoms with Crippen molar-refractivity contribution in [3.8, 4) is 5.75 Å². The molecule has 0 unspecified atom stereocenters. The highest BCUT2D eigenvalue weighted by atomic mass is 16.5. The number of rotatable bonds is 3. The van der Waals surface area contributed by atoms with Gasteiger partial charge in [0.1, 0.15) is 17.5 Å². The molecule has 0 saturated carbocycles. The zero-order valence-electron chi connectivity index (χ0n) is 12.5. The Morgan fingerprint density at radius 1 is 1.33 bits per heavy atom. The van der Waals surface area contributed by atoms with Crippen LogP contribution in [0.3, 0.4) is 0 Å². The van der Waals surface area contributed by atoms with Gasteiger partial charge in [-0.05, 0) is 32.9 Å². The lowest BCUT2D eigenvalue weighted by molar-refractivity contribution is -0.157. The summed E-state index contributed by atoms with van der Waals surface area (Å²) in [5.74, 6) is 0.0658. The second kappa shape index (κ2) is 5.55. The SMILES string of the molecule is COc1cccc2ncn(COC(=O)C(C)(C)C)c(=O)c12. The van der Waals surface area contributed by atoms with E-state index in [-0.39, 0.29) is 18.3 Å². The summed E-state index contributed by atoms with van der Waals surface area (Å²) in [6.07, 6.45) is 1.36. The number of fused-ring (bicyclic) bond motifs is 1. The maximum absolute atomic E-state index is 12.4. The summed E-state index contributed by atoms with van der Waals surface area (Å²) in [6.45, 7) is 5.08. The van der Waals surface area contributed by atoms with E-state index in [9.17, 15) is 9.59 Å². The van der Waals surface area contributed by atoms with E-state index in [2.05, 4.69) is 4.98 Å². The molecule has 0 spiro atoms. The smallest absolute Gasteiger partial charge is 0.312 e. The molecule has 1 heterocycles. The van der Waals surface area contributed by atoms with Crippen LogP contribution in [0.5, 0.6) is 5.75 Å². The Bertz CT molecular complexity index is 729. The molecule has 1 aromatic carbocycles. The maximum atomic E-state index is 12.4. The van der Waals surface area contributed by atoms with Crippen molar-refractivity contribution >= 4 is 16.9 Å². The predicted octanol–water partition coefficient (Wildman–Crippen LogP) is 1.95. The molecule has 2 rings (SSSR count). The maximum Gasteiger partial charge on any atom is 0.312 e. The van der Waals surface area contributed by atoms with Crippen molar-refractivity contribution in [1.29, 1.82) is 0 Å². The second-order valence-corrected chi connectivity index (χ2v) is 5.68. The third kappa shape index (κ3) is 3.04. The van der Waals surface area contributed by atoms with Crippen LogP contribution in [-0.4, -0.2) is 22.6 Å². The first-order chi connectivity index (χ1) is 9.84. The minimum atomic E-state index is -0.619. The Hall–Kier alpha value is -2.37. The number of methoxy groups -OCH3 is 1. The minimum Gasteiger partial charge on any atom is -0.496 e. The van der Waals surface area contributed by atoms with Gasteiger partial charge >= 0.3 is 5.97 Å². The number of hydrogen-bond acceptors (Lipinski definition) is 5. The first-order valence-corrected chi connectivity index (χ1v) is 6.54. The molecule has 0 aliphatic carbocycles. The van der Waals surface area contributed by atoms with E-state index in [1.807, 2.05) is 0 Å². The molecule has 0 aliphatic heterocycles. The van der Waals surface area contributed by atoms with Crippen LogP contribution in [0.4, 0.5) is 0 Å². The van der Waals surface area contributed by atoms with Crippen molar-refractivity contribution in [2.45, 2.75) is 27.5 Å². The predicted molar refractivity (Wildman–Crippen MR) is 78.1 cm³/mol. The molecule has 1 aromatic heterocycles. The highest BCUT2D eigenvalue weighted by molar-refractivity contribution is 5.84. The van der Waals surface area contributed by atoms with Crippen LogP contribution in [0.25, 0.3) is 10.9 Å². The largest absolute Gasteiger partial charge is 0.496 e. The summed E-state index contributed by atoms with van der Waals surface area (Å²) < 4.78 is 11.6. The van der Waals surface area contributed by atoms with Gasteiger partial charge in [-0.1, -0.05) is 6.07 Å². The van der Waals surface area contributed by atoms with E-state index in [1.165, 1.54) is 18.0 Å². The van der Waals surface area contributed by atoms with Crippen LogP contribution in [0, 0.1) is 5.41 Å². The third-order valence-electron chi connectivity index (χ3n) is 2.98. The molecule has 0 radical (unpaired) electrons. The minimum absolute atomic E-state index is 0.171. The molecule has 0 saturated heterocycles. The number of benzene rings is 1. The second-order valence-electron chi connectivity index (χ2n) is 5.68. The lowest BCUT2D eigenvalue weighted by Gasteiger charge is -2.17. The fourth-order valence-electron chi connectivity index (χ4n) is 1.78. The molecule has 0 bridgehead atoms. The normalized spacial score (nSPS) is 11.4. The van der Waals surface area contributed by atoms with Gasteiger partial charge in [-0.3, -0.25) is 14.2 Å². The molecule has 112 valence electrons. The molecule has 0 atom stereocenters. The Morgan fingerprint density at radius 3 is 2.67 bits per heavy atom. The number of esters is 1. The van der Waals surface area contributed by atoms with Gasteiger partial charge in [0.2, 0.25) is 0 Å². The molecule has 0 N–H and O–H groups in total. The number of hydrogen-bond donors (Lipinski definition) is 0. The van der Waals surface area contributed by atoms with Crippen molar-refractivity contribution in [3.63, 3.8) is 0 Å². The summed E-state index contributed by atoms with van der Waals surface area (Å²) in [7, 11) is 1.49. The number of aromatic nitrogens is 2. The lowest BCUT2D eigenvalue weighted by atomic mass is 9.98. The third-order valence-corrected chi connectivity index (χ3v) is 2.98. The molecular weight excluding hydrogens is 272 g/mol. The Kier molecular flexibility index (Phi) is 3.97. The molecule has 6 heteroatoms. The van der Waals surface area contributed by atoms with E-state index < -0.39 is 5.41 Å². The highest BCUT2D eigenvalue weighted by Gasteiger charge is 2.23. The van der Waals surface area contributed by atoms with Crippen molar-refractivity contribution in [2.24, 2.45) is 5.41 Å². The van der Waals surface area contributed by atoms with Gasteiger partial charge in [-0.25, -0.2) is 4.98 Å². The number of carbonyl (C=O) groups is 1. The molecule has 21 heavy (non-hydrogen) atoms. The fourth-order valence-corrected chi connectivity index (χ4v) is 1.78. The fraction of sp³-hybridized carbons (Fsp3) is 0.400. The highest BCUT2D eigenvalue weighted by Crippen LogP contribution is 2.20. The first-order valence-electron chi connectivity index (χ1n) is 6.54. The van der Waals surface area contributed by atoms with E-state index in [0.29, 0.717) is 16.7 Å². The van der Waals surface area contributed by atoms with Gasteiger partial charge in [-0.2, -0.15) is 0 Å². The lowest BCUT2D eigenvalue weighted by Crippen LogP contribution is -2.28. The van der Waals surface area contributed by atoms with Crippen LogP contribution in [0.1, 0.15) is 20.8 Å². The topological polar surface area (TPSA) is 70.4 Å². The molecule has 2 aromatic rings. The van der Waals surface area contributed by atoms with Crippen LogP contribution in [-0.2, 0) is 16.3 Å². The monoisotopic (exact) mass is 290 g/mol. The summed E-state index contributed by atoms with van der Waals surface area (Å²) in [6, 6.07) is 5.18. The average Bonchev–Trinajstić information content (AvgIpc) is 2.44. The van der Waals surface area contributed by atoms with E-state index >= 15 is 0 Å². The quantitative estimate of drug-likeness (QED) is 0.808. The molecule has 0 aliphatic rings. The van der Waals surface area contributed by atoms with Crippen LogP contribution in [0.2, 0.25) is 0 Å². The summed E-state index contributed by atoms with van der Waals surface area (Å²) in [5.41, 5.74) is -0.386. The number of ether oxygens (including phenoxy) is 2. The van der Waals surface area contributed by atoms with Gasteiger partial charge < -0.3 is 9.47 Å². The van der Waals surface area contributed by atoms with Gasteiger partial charge in [0, 0.05) is 0 Å². The Morgan fingerprint density at radius 2 is 2.05 bits per heavy atom. The average molecular weight is 290 g/mol. The van der Waals surface area contributed by atoms with E-state index in [1.54, 1.807) is 39.0 Å². The van der Waals surface area contributed by atoms with Crippen LogP contribution < -0.4 is 10.3 Å². The van der Waals surface area contributed by atoms with Gasteiger partial charge in [0.05, 0.1) is 18.0 Å². The molecule has 6 nitrogen and oxygen atoms in total. The number of nitrogens with zero attached hydrogens (tertiary/aromatic N) is 2. The first kappa shape index (κ1) is 15.0. The Labute approximate surface area is 122 Å². The summed E-state index contributed by atoms with van der Waals surface area (Å²) in [5, 5.41) is 0.370. The van der Waals surface area contributed by atoms with Crippen molar-refractivity contribution in [2.75, 3.05) is 7.11 Å². The van der Waals surface area contributed by atoms with Crippen molar-refractivity contribution < 1.29 is 14.3 Å². The van der Waals surface area contributed by atoms with Gasteiger partial charge in [0.25, 0.3) is 5.56 Å². The zero-order chi connectivity index (χ0) is 15.6. The summed E-state index contributed by atoms with van der Waals surface area (Å²) >= 11 is 0. The zero-order valence-corrected chi connectivity index (χ0v) is 12.5. The van der Waals surface area contributed by atoms with Crippen molar-refractivity contribution in [1.82, 2.24) is 9.55 Å². The van der Waals surface area contributed by atoms with Gasteiger partial charge in [0.15, 0.2) is 6.73 Å². The molecule has 0 amide bonds. The standard InChI is InChI=1S/C15H18N2O4/c1-15(2,3)14(19)21-9-17-8-16-10-6-5-7-11(20-4)12(10)13(17)18/h5-8H,9H2,1-4H3. The van der Waals surface area contributed by atoms with E-state index in [0.717, 1.165) is 0 Å². The molecular formula is C15H18N2O4. The van der Waals surface area contributed by atoms with Crippen LogP contribution in [0.15, 0.2) is 29.3 Å².